The van der Waals surface area contributed by atoms with E-state index >= 15 is 0 Å². The number of methoxy groups -OCH3 is 1. The maximum absolute atomic E-state index is 11.1. The van der Waals surface area contributed by atoms with E-state index in [9.17, 15) is 4.79 Å². The van der Waals surface area contributed by atoms with Gasteiger partial charge in [-0.2, -0.15) is 0 Å². The third-order valence-electron chi connectivity index (χ3n) is 2.15. The normalized spacial score (nSPS) is 9.69. The highest BCUT2D eigenvalue weighted by Crippen LogP contribution is 2.20. The summed E-state index contributed by atoms with van der Waals surface area (Å²) in [6.07, 6.45) is -0.498. The lowest BCUT2D eigenvalue weighted by Crippen LogP contribution is -2.11. The van der Waals surface area contributed by atoms with Crippen molar-refractivity contribution in [2.24, 2.45) is 5.73 Å². The van der Waals surface area contributed by atoms with Gasteiger partial charge in [-0.25, -0.2) is 4.79 Å². The highest BCUT2D eigenvalue weighted by atomic mass is 16.5. The summed E-state index contributed by atoms with van der Waals surface area (Å²) in [6.45, 7) is 6.17. The number of allylic oxidation sites excluding steroid dienone is 1. The average Bonchev–Trinajstić information content (AvgIpc) is 2.28. The molecule has 1 rings (SSSR count). The van der Waals surface area contributed by atoms with E-state index in [1.165, 1.54) is 7.11 Å². The van der Waals surface area contributed by atoms with Gasteiger partial charge in [0, 0.05) is 12.2 Å². The summed E-state index contributed by atoms with van der Waals surface area (Å²) in [4.78, 5) is 11.1. The maximum atomic E-state index is 11.1. The van der Waals surface area contributed by atoms with E-state index in [2.05, 4.69) is 16.6 Å². The van der Waals surface area contributed by atoms with E-state index in [0.29, 0.717) is 12.2 Å². The number of ether oxygens (including phenoxy) is 1. The van der Waals surface area contributed by atoms with Crippen molar-refractivity contribution in [2.45, 2.75) is 13.5 Å². The van der Waals surface area contributed by atoms with Gasteiger partial charge in [-0.05, 0) is 30.2 Å². The molecule has 4 nitrogen and oxygen atoms in total. The Kier molecular flexibility index (Phi) is 4.08. The van der Waals surface area contributed by atoms with Crippen LogP contribution in [0.4, 0.5) is 10.5 Å². The molecule has 0 saturated heterocycles. The van der Waals surface area contributed by atoms with Gasteiger partial charge in [0.15, 0.2) is 0 Å². The van der Waals surface area contributed by atoms with Crippen molar-refractivity contribution in [3.63, 3.8) is 0 Å². The van der Waals surface area contributed by atoms with Gasteiger partial charge >= 0.3 is 6.09 Å². The van der Waals surface area contributed by atoms with Crippen LogP contribution in [0.5, 0.6) is 0 Å². The Morgan fingerprint density at radius 3 is 2.69 bits per heavy atom. The van der Waals surface area contributed by atoms with E-state index in [-0.39, 0.29) is 0 Å². The highest BCUT2D eigenvalue weighted by molar-refractivity contribution is 5.85. The first kappa shape index (κ1) is 12.3. The second-order valence-corrected chi connectivity index (χ2v) is 3.52. The molecular weight excluding hydrogens is 204 g/mol. The average molecular weight is 220 g/mol. The minimum Gasteiger partial charge on any atom is -0.453 e. The topological polar surface area (TPSA) is 64.3 Å². The zero-order valence-electron chi connectivity index (χ0n) is 9.54. The lowest BCUT2D eigenvalue weighted by atomic mass is 10.0. The van der Waals surface area contributed by atoms with Crippen LogP contribution in [0, 0.1) is 0 Å². The number of carbonyl (C=O) groups excluding carboxylic acids is 1. The van der Waals surface area contributed by atoms with Crippen molar-refractivity contribution in [1.29, 1.82) is 0 Å². The molecule has 0 atom stereocenters. The van der Waals surface area contributed by atoms with Crippen LogP contribution in [0.3, 0.4) is 0 Å². The lowest BCUT2D eigenvalue weighted by molar-refractivity contribution is 0.187. The van der Waals surface area contributed by atoms with Gasteiger partial charge in [-0.1, -0.05) is 18.2 Å². The summed E-state index contributed by atoms with van der Waals surface area (Å²) in [7, 11) is 1.32. The fraction of sp³-hybridized carbons (Fsp3) is 0.250. The Morgan fingerprint density at radius 1 is 1.50 bits per heavy atom. The molecule has 0 bridgehead atoms. The fourth-order valence-electron chi connectivity index (χ4n) is 1.30. The SMILES string of the molecule is C=C(C)c1cc(CN)cc(NC(=O)OC)c1. The van der Waals surface area contributed by atoms with Crippen LogP contribution in [0.15, 0.2) is 24.8 Å². The van der Waals surface area contributed by atoms with Crippen LogP contribution < -0.4 is 11.1 Å². The second kappa shape index (κ2) is 5.32. The smallest absolute Gasteiger partial charge is 0.411 e. The number of amides is 1. The maximum Gasteiger partial charge on any atom is 0.411 e. The van der Waals surface area contributed by atoms with E-state index in [0.717, 1.165) is 16.7 Å². The van der Waals surface area contributed by atoms with Gasteiger partial charge in [-0.3, -0.25) is 5.32 Å². The Morgan fingerprint density at radius 2 is 2.19 bits per heavy atom. The monoisotopic (exact) mass is 220 g/mol. The van der Waals surface area contributed by atoms with Crippen LogP contribution in [-0.2, 0) is 11.3 Å². The molecule has 0 heterocycles. The van der Waals surface area contributed by atoms with Crippen molar-refractivity contribution >= 4 is 17.4 Å². The molecule has 4 heteroatoms. The summed E-state index contributed by atoms with van der Waals surface area (Å²) in [6, 6.07) is 5.59. The molecule has 0 saturated carbocycles. The third-order valence-corrected chi connectivity index (χ3v) is 2.15. The Hall–Kier alpha value is -1.81. The molecule has 0 fully saturated rings. The summed E-state index contributed by atoms with van der Waals surface area (Å²) >= 11 is 0. The van der Waals surface area contributed by atoms with Crippen molar-refractivity contribution < 1.29 is 9.53 Å². The van der Waals surface area contributed by atoms with E-state index in [1.54, 1.807) is 0 Å². The molecule has 0 aromatic heterocycles. The Balaban J connectivity index is 3.04. The molecule has 0 radical (unpaired) electrons. The molecule has 1 aromatic carbocycles. The fourth-order valence-corrected chi connectivity index (χ4v) is 1.30. The molecule has 0 aliphatic rings. The highest BCUT2D eigenvalue weighted by Gasteiger charge is 2.04. The van der Waals surface area contributed by atoms with E-state index in [1.807, 2.05) is 25.1 Å². The number of nitrogens with two attached hydrogens (primary N) is 1. The first-order valence-corrected chi connectivity index (χ1v) is 4.91. The molecule has 86 valence electrons. The molecule has 0 aliphatic heterocycles. The van der Waals surface area contributed by atoms with Crippen LogP contribution in [0.25, 0.3) is 5.57 Å². The Labute approximate surface area is 95.1 Å². The molecule has 0 aliphatic carbocycles. The van der Waals surface area contributed by atoms with Crippen molar-refractivity contribution in [3.8, 4) is 0 Å². The Bertz CT molecular complexity index is 413. The van der Waals surface area contributed by atoms with Gasteiger partial charge in [0.05, 0.1) is 7.11 Å². The number of hydrogen-bond acceptors (Lipinski definition) is 3. The van der Waals surface area contributed by atoms with Gasteiger partial charge < -0.3 is 10.5 Å². The molecule has 0 unspecified atom stereocenters. The zero-order valence-corrected chi connectivity index (χ0v) is 9.54. The minimum absolute atomic E-state index is 0.414. The number of nitrogens with one attached hydrogen (secondary N) is 1. The van der Waals surface area contributed by atoms with Gasteiger partial charge in [-0.15, -0.1) is 0 Å². The molecule has 16 heavy (non-hydrogen) atoms. The molecule has 3 N–H and O–H groups in total. The van der Waals surface area contributed by atoms with Crippen LogP contribution in [0.1, 0.15) is 18.1 Å². The number of hydrogen-bond donors (Lipinski definition) is 2. The van der Waals surface area contributed by atoms with Crippen molar-refractivity contribution in [3.05, 3.63) is 35.9 Å². The first-order valence-electron chi connectivity index (χ1n) is 4.91. The minimum atomic E-state index is -0.498. The molecule has 1 aromatic rings. The predicted molar refractivity (Wildman–Crippen MR) is 65.1 cm³/mol. The number of rotatable bonds is 3. The molecule has 1 amide bonds. The van der Waals surface area contributed by atoms with Crippen molar-refractivity contribution in [1.82, 2.24) is 0 Å². The van der Waals surface area contributed by atoms with Crippen LogP contribution >= 0.6 is 0 Å². The van der Waals surface area contributed by atoms with E-state index in [4.69, 9.17) is 5.73 Å². The number of benzene rings is 1. The van der Waals surface area contributed by atoms with Gasteiger partial charge in [0.25, 0.3) is 0 Å². The second-order valence-electron chi connectivity index (χ2n) is 3.52. The number of carbonyl (C=O) groups is 1. The van der Waals surface area contributed by atoms with Gasteiger partial charge in [0.2, 0.25) is 0 Å². The third kappa shape index (κ3) is 3.10. The largest absolute Gasteiger partial charge is 0.453 e. The quantitative estimate of drug-likeness (QED) is 0.821. The summed E-state index contributed by atoms with van der Waals surface area (Å²) in [5.41, 5.74) is 9.05. The summed E-state index contributed by atoms with van der Waals surface area (Å²) in [5, 5.41) is 2.60. The van der Waals surface area contributed by atoms with Crippen LogP contribution in [-0.4, -0.2) is 13.2 Å². The van der Waals surface area contributed by atoms with Gasteiger partial charge in [0.1, 0.15) is 0 Å². The lowest BCUT2D eigenvalue weighted by Gasteiger charge is -2.09. The first-order chi connectivity index (χ1) is 7.56. The molecular formula is C12H16N2O2. The van der Waals surface area contributed by atoms with Crippen LogP contribution in [0.2, 0.25) is 0 Å². The summed E-state index contributed by atoms with van der Waals surface area (Å²) < 4.78 is 4.52. The standard InChI is InChI=1S/C12H16N2O2/c1-8(2)10-4-9(7-13)5-11(6-10)14-12(15)16-3/h4-6H,1,7,13H2,2-3H3,(H,14,15). The number of anilines is 1. The summed E-state index contributed by atoms with van der Waals surface area (Å²) in [5.74, 6) is 0. The van der Waals surface area contributed by atoms with E-state index < -0.39 is 6.09 Å². The zero-order chi connectivity index (χ0) is 12.1. The molecule has 0 spiro atoms. The van der Waals surface area contributed by atoms with Crippen molar-refractivity contribution in [2.75, 3.05) is 12.4 Å². The predicted octanol–water partition coefficient (Wildman–Crippen LogP) is 2.36.